The summed E-state index contributed by atoms with van der Waals surface area (Å²) in [5.41, 5.74) is 1.55. The van der Waals surface area contributed by atoms with Crippen LogP contribution in [0.4, 0.5) is 0 Å². The number of aliphatic hydroxyl groups is 1. The quantitative estimate of drug-likeness (QED) is 0.775. The number of fused-ring (bicyclic) bond motifs is 1. The van der Waals surface area contributed by atoms with E-state index in [0.717, 1.165) is 15.6 Å². The number of carbonyl (C=O) groups is 1. The first kappa shape index (κ1) is 13.8. The van der Waals surface area contributed by atoms with Crippen LogP contribution in [-0.2, 0) is 0 Å². The topological polar surface area (TPSA) is 49.3 Å². The molecule has 0 aliphatic heterocycles. The predicted octanol–water partition coefficient (Wildman–Crippen LogP) is 3.36. The Kier molecular flexibility index (Phi) is 3.99. The molecule has 0 aliphatic carbocycles. The van der Waals surface area contributed by atoms with Crippen molar-refractivity contribution in [2.75, 3.05) is 6.61 Å². The second-order valence-electron chi connectivity index (χ2n) is 4.76. The van der Waals surface area contributed by atoms with Gasteiger partial charge in [0.2, 0.25) is 0 Å². The highest BCUT2D eigenvalue weighted by molar-refractivity contribution is 7.17. The number of hydrogen-bond donors (Lipinski definition) is 2. The first-order valence-electron chi connectivity index (χ1n) is 6.72. The fraction of sp³-hybridized carbons (Fsp3) is 0.118. The smallest absolute Gasteiger partial charge is 0.253 e. The number of thiophene rings is 1. The first-order chi connectivity index (χ1) is 10.3. The average Bonchev–Trinajstić information content (AvgIpc) is 2.97. The maximum Gasteiger partial charge on any atom is 0.253 e. The Bertz CT molecular complexity index is 752. The van der Waals surface area contributed by atoms with Crippen molar-refractivity contribution < 1.29 is 9.90 Å². The molecule has 21 heavy (non-hydrogen) atoms. The van der Waals surface area contributed by atoms with Gasteiger partial charge in [-0.15, -0.1) is 11.3 Å². The molecule has 4 heteroatoms. The number of rotatable bonds is 4. The molecule has 0 radical (unpaired) electrons. The molecule has 3 nitrogen and oxygen atoms in total. The minimum atomic E-state index is -0.391. The van der Waals surface area contributed by atoms with E-state index in [0.29, 0.717) is 5.56 Å². The van der Waals surface area contributed by atoms with Gasteiger partial charge in [0.15, 0.2) is 0 Å². The standard InChI is InChI=1S/C17H15NO2S/c19-10-15(12-6-2-1-3-7-12)18-17(20)14-11-21-16-9-5-4-8-13(14)16/h1-9,11,15,19H,10H2,(H,18,20). The Balaban J connectivity index is 1.85. The summed E-state index contributed by atoms with van der Waals surface area (Å²) in [5, 5.41) is 15.2. The van der Waals surface area contributed by atoms with Crippen LogP contribution in [0.5, 0.6) is 0 Å². The molecule has 0 saturated carbocycles. The van der Waals surface area contributed by atoms with Crippen molar-refractivity contribution in [3.8, 4) is 0 Å². The number of carbonyl (C=O) groups excluding carboxylic acids is 1. The van der Waals surface area contributed by atoms with Crippen LogP contribution in [0.15, 0.2) is 60.0 Å². The maximum atomic E-state index is 12.4. The molecule has 2 N–H and O–H groups in total. The van der Waals surface area contributed by atoms with Crippen molar-refractivity contribution >= 4 is 27.3 Å². The van der Waals surface area contributed by atoms with Crippen LogP contribution >= 0.6 is 11.3 Å². The Morgan fingerprint density at radius 3 is 2.57 bits per heavy atom. The summed E-state index contributed by atoms with van der Waals surface area (Å²) in [7, 11) is 0. The highest BCUT2D eigenvalue weighted by atomic mass is 32.1. The summed E-state index contributed by atoms with van der Waals surface area (Å²) in [6.45, 7) is -0.127. The molecule has 106 valence electrons. The Labute approximate surface area is 126 Å². The van der Waals surface area contributed by atoms with Gasteiger partial charge in [-0.1, -0.05) is 48.5 Å². The van der Waals surface area contributed by atoms with Gasteiger partial charge in [0.25, 0.3) is 5.91 Å². The molecule has 0 aliphatic rings. The summed E-state index contributed by atoms with van der Waals surface area (Å²) < 4.78 is 1.09. The first-order valence-corrected chi connectivity index (χ1v) is 7.60. The van der Waals surface area contributed by atoms with Gasteiger partial charge in [-0.25, -0.2) is 0 Å². The van der Waals surface area contributed by atoms with E-state index in [-0.39, 0.29) is 12.5 Å². The van der Waals surface area contributed by atoms with Crippen LogP contribution in [0.2, 0.25) is 0 Å². The van der Waals surface area contributed by atoms with E-state index in [1.54, 1.807) is 11.3 Å². The summed E-state index contributed by atoms with van der Waals surface area (Å²) >= 11 is 1.55. The number of aliphatic hydroxyl groups excluding tert-OH is 1. The van der Waals surface area contributed by atoms with Gasteiger partial charge >= 0.3 is 0 Å². The molecule has 1 atom stereocenters. The molecule has 0 spiro atoms. The van der Waals surface area contributed by atoms with Gasteiger partial charge < -0.3 is 10.4 Å². The van der Waals surface area contributed by atoms with Crippen LogP contribution in [0.1, 0.15) is 22.0 Å². The van der Waals surface area contributed by atoms with E-state index in [1.165, 1.54) is 0 Å². The van der Waals surface area contributed by atoms with Crippen molar-refractivity contribution in [2.45, 2.75) is 6.04 Å². The molecule has 0 fully saturated rings. The Morgan fingerprint density at radius 2 is 1.81 bits per heavy atom. The van der Waals surface area contributed by atoms with Crippen LogP contribution in [-0.4, -0.2) is 17.6 Å². The molecule has 1 amide bonds. The van der Waals surface area contributed by atoms with Gasteiger partial charge in [0.1, 0.15) is 0 Å². The molecular formula is C17H15NO2S. The van der Waals surface area contributed by atoms with E-state index in [4.69, 9.17) is 0 Å². The summed E-state index contributed by atoms with van der Waals surface area (Å²) in [5.74, 6) is -0.157. The van der Waals surface area contributed by atoms with Crippen molar-refractivity contribution in [1.82, 2.24) is 5.32 Å². The molecular weight excluding hydrogens is 282 g/mol. The highest BCUT2D eigenvalue weighted by Gasteiger charge is 2.17. The van der Waals surface area contributed by atoms with Crippen LogP contribution in [0.3, 0.4) is 0 Å². The molecule has 2 aromatic carbocycles. The zero-order chi connectivity index (χ0) is 14.7. The average molecular weight is 297 g/mol. The van der Waals surface area contributed by atoms with E-state index in [1.807, 2.05) is 60.0 Å². The predicted molar refractivity (Wildman–Crippen MR) is 85.6 cm³/mol. The van der Waals surface area contributed by atoms with Crippen molar-refractivity contribution in [1.29, 1.82) is 0 Å². The molecule has 0 saturated heterocycles. The molecule has 1 aromatic heterocycles. The third-order valence-corrected chi connectivity index (χ3v) is 4.38. The lowest BCUT2D eigenvalue weighted by atomic mass is 10.1. The number of amides is 1. The summed E-state index contributed by atoms with van der Waals surface area (Å²) in [6, 6.07) is 16.9. The number of hydrogen-bond acceptors (Lipinski definition) is 3. The van der Waals surface area contributed by atoms with Gasteiger partial charge in [0.05, 0.1) is 18.2 Å². The zero-order valence-corrected chi connectivity index (χ0v) is 12.1. The van der Waals surface area contributed by atoms with Crippen LogP contribution < -0.4 is 5.32 Å². The van der Waals surface area contributed by atoms with Crippen LogP contribution in [0.25, 0.3) is 10.1 Å². The minimum Gasteiger partial charge on any atom is -0.394 e. The third kappa shape index (κ3) is 2.82. The van der Waals surface area contributed by atoms with Crippen LogP contribution in [0, 0.1) is 0 Å². The molecule has 1 unspecified atom stereocenters. The lowest BCUT2D eigenvalue weighted by molar-refractivity contribution is 0.0918. The normalized spacial score (nSPS) is 12.2. The van der Waals surface area contributed by atoms with Crippen molar-refractivity contribution in [3.05, 3.63) is 71.1 Å². The number of nitrogens with one attached hydrogen (secondary N) is 1. The second kappa shape index (κ2) is 6.08. The maximum absolute atomic E-state index is 12.4. The SMILES string of the molecule is O=C(NC(CO)c1ccccc1)c1csc2ccccc12. The molecule has 1 heterocycles. The fourth-order valence-electron chi connectivity index (χ4n) is 2.31. The summed E-state index contributed by atoms with van der Waals surface area (Å²) in [4.78, 5) is 12.4. The van der Waals surface area contributed by atoms with E-state index in [9.17, 15) is 9.90 Å². The van der Waals surface area contributed by atoms with Gasteiger partial charge in [-0.2, -0.15) is 0 Å². The Morgan fingerprint density at radius 1 is 1.10 bits per heavy atom. The molecule has 0 bridgehead atoms. The lowest BCUT2D eigenvalue weighted by Crippen LogP contribution is -2.30. The van der Waals surface area contributed by atoms with Gasteiger partial charge in [-0.05, 0) is 11.6 Å². The largest absolute Gasteiger partial charge is 0.394 e. The third-order valence-electron chi connectivity index (χ3n) is 3.42. The van der Waals surface area contributed by atoms with Crippen molar-refractivity contribution in [2.24, 2.45) is 0 Å². The van der Waals surface area contributed by atoms with Gasteiger partial charge in [0, 0.05) is 15.5 Å². The number of benzene rings is 2. The molecule has 3 rings (SSSR count). The second-order valence-corrected chi connectivity index (χ2v) is 5.68. The van der Waals surface area contributed by atoms with E-state index < -0.39 is 6.04 Å². The van der Waals surface area contributed by atoms with E-state index in [2.05, 4.69) is 5.32 Å². The minimum absolute atomic E-state index is 0.127. The monoisotopic (exact) mass is 297 g/mol. The zero-order valence-electron chi connectivity index (χ0n) is 11.3. The Hall–Kier alpha value is -2.17. The van der Waals surface area contributed by atoms with Gasteiger partial charge in [-0.3, -0.25) is 4.79 Å². The fourth-order valence-corrected chi connectivity index (χ4v) is 3.25. The summed E-state index contributed by atoms with van der Waals surface area (Å²) in [6.07, 6.45) is 0. The molecule has 3 aromatic rings. The van der Waals surface area contributed by atoms with E-state index >= 15 is 0 Å². The van der Waals surface area contributed by atoms with Crippen molar-refractivity contribution in [3.63, 3.8) is 0 Å². The highest BCUT2D eigenvalue weighted by Crippen LogP contribution is 2.26. The lowest BCUT2D eigenvalue weighted by Gasteiger charge is -2.16.